The van der Waals surface area contributed by atoms with Crippen molar-refractivity contribution in [2.24, 2.45) is 5.73 Å². The molecular weight excluding hydrogens is 398 g/mol. The van der Waals surface area contributed by atoms with Crippen molar-refractivity contribution >= 4 is 24.3 Å². The van der Waals surface area contributed by atoms with Crippen molar-refractivity contribution in [3.63, 3.8) is 0 Å². The van der Waals surface area contributed by atoms with Gasteiger partial charge in [0.15, 0.2) is 5.75 Å². The Morgan fingerprint density at radius 3 is 2.48 bits per heavy atom. The summed E-state index contributed by atoms with van der Waals surface area (Å²) in [5.74, 6) is -1.73. The Labute approximate surface area is 178 Å². The van der Waals surface area contributed by atoms with Crippen molar-refractivity contribution in [2.75, 3.05) is 25.7 Å². The van der Waals surface area contributed by atoms with Gasteiger partial charge in [-0.05, 0) is 42.0 Å². The number of hydrogen-bond donors (Lipinski definition) is 3. The summed E-state index contributed by atoms with van der Waals surface area (Å²) in [6, 6.07) is 13.2. The third-order valence-corrected chi connectivity index (χ3v) is 4.75. The number of rotatable bonds is 6. The number of aromatic carboxylic acids is 1. The van der Waals surface area contributed by atoms with Crippen molar-refractivity contribution in [1.82, 2.24) is 4.57 Å². The highest BCUT2D eigenvalue weighted by atomic mass is 16.5. The highest BCUT2D eigenvalue weighted by molar-refractivity contribution is 5.88. The van der Waals surface area contributed by atoms with E-state index in [2.05, 4.69) is 6.58 Å². The van der Waals surface area contributed by atoms with Crippen molar-refractivity contribution in [3.8, 4) is 17.3 Å². The van der Waals surface area contributed by atoms with Crippen molar-refractivity contribution in [1.29, 1.82) is 0 Å². The summed E-state index contributed by atoms with van der Waals surface area (Å²) in [7, 11) is 3.85. The summed E-state index contributed by atoms with van der Waals surface area (Å²) < 4.78 is 6.33. The number of carboxylic acids is 1. The fourth-order valence-electron chi connectivity index (χ4n) is 3.14. The molecule has 0 unspecified atom stereocenters. The zero-order chi connectivity index (χ0) is 22.7. The topological polar surface area (TPSA) is 118 Å². The molecule has 0 bridgehead atoms. The monoisotopic (exact) mass is 421 g/mol. The van der Waals surface area contributed by atoms with Crippen LogP contribution < -0.4 is 31.4 Å². The van der Waals surface area contributed by atoms with Gasteiger partial charge in [0.2, 0.25) is 5.88 Å². The number of carboxylic acid groups (broad SMARTS) is 1. The van der Waals surface area contributed by atoms with Crippen LogP contribution in [0, 0.1) is 0 Å². The molecule has 2 aromatic carbocycles. The van der Waals surface area contributed by atoms with Crippen molar-refractivity contribution < 1.29 is 19.7 Å². The first kappa shape index (κ1) is 21.7. The summed E-state index contributed by atoms with van der Waals surface area (Å²) in [6.07, 6.45) is 1.63. The van der Waals surface area contributed by atoms with Gasteiger partial charge in [0.05, 0.1) is 16.5 Å². The highest BCUT2D eigenvalue weighted by Crippen LogP contribution is 2.22. The van der Waals surface area contributed by atoms with Crippen LogP contribution in [-0.4, -0.2) is 41.6 Å². The second kappa shape index (κ2) is 8.76. The highest BCUT2D eigenvalue weighted by Gasteiger charge is 2.17. The largest absolute Gasteiger partial charge is 0.491 e. The second-order valence-electron chi connectivity index (χ2n) is 6.98. The minimum Gasteiger partial charge on any atom is -0.491 e. The molecule has 0 saturated heterocycles. The molecule has 160 valence electrons. The van der Waals surface area contributed by atoms with Gasteiger partial charge >= 0.3 is 5.97 Å². The molecule has 0 spiro atoms. The Morgan fingerprint density at radius 1 is 1.23 bits per heavy atom. The Morgan fingerprint density at radius 2 is 1.90 bits per heavy atom. The lowest BCUT2D eigenvalue weighted by atomic mass is 10.1. The minimum atomic E-state index is -1.16. The fraction of sp³-hybridized carbons (Fsp3) is 0.130. The molecule has 0 aliphatic heterocycles. The number of nitrogens with two attached hydrogens (primary N) is 1. The van der Waals surface area contributed by atoms with Crippen LogP contribution in [0.1, 0.15) is 15.9 Å². The molecule has 0 amide bonds. The van der Waals surface area contributed by atoms with Crippen LogP contribution >= 0.6 is 0 Å². The molecule has 3 rings (SSSR count). The van der Waals surface area contributed by atoms with E-state index in [1.54, 1.807) is 6.08 Å². The number of ether oxygens (including phenoxy) is 1. The molecule has 0 radical (unpaired) electrons. The first-order chi connectivity index (χ1) is 14.7. The average Bonchev–Trinajstić information content (AvgIpc) is 2.75. The van der Waals surface area contributed by atoms with Crippen molar-refractivity contribution in [3.05, 3.63) is 80.4 Å². The summed E-state index contributed by atoms with van der Waals surface area (Å²) in [5, 5.41) is 20.4. The molecule has 0 atom stereocenters. The van der Waals surface area contributed by atoms with Crippen LogP contribution in [0.2, 0.25) is 0 Å². The molecule has 4 N–H and O–H groups in total. The van der Waals surface area contributed by atoms with Crippen LogP contribution in [0.15, 0.2) is 53.3 Å². The lowest BCUT2D eigenvalue weighted by molar-refractivity contribution is 0.0697. The smallest absolute Gasteiger partial charge is 0.335 e. The summed E-state index contributed by atoms with van der Waals surface area (Å²) in [4.78, 5) is 26.6. The predicted molar refractivity (Wildman–Crippen MR) is 119 cm³/mol. The van der Waals surface area contributed by atoms with E-state index in [-0.39, 0.29) is 34.2 Å². The van der Waals surface area contributed by atoms with Gasteiger partial charge in [-0.3, -0.25) is 10.5 Å². The molecule has 8 heteroatoms. The third kappa shape index (κ3) is 4.29. The molecular formula is C23H23N3O5. The lowest BCUT2D eigenvalue weighted by Crippen LogP contribution is -2.44. The van der Waals surface area contributed by atoms with Gasteiger partial charge in [-0.2, -0.15) is 0 Å². The van der Waals surface area contributed by atoms with E-state index >= 15 is 0 Å². The Hall–Kier alpha value is -4.04. The molecule has 1 aromatic heterocycles. The number of nitrogens with zero attached hydrogens (tertiary/aromatic N) is 2. The molecule has 0 saturated carbocycles. The quantitative estimate of drug-likeness (QED) is 0.505. The molecule has 8 nitrogen and oxygen atoms in total. The fourth-order valence-corrected chi connectivity index (χ4v) is 3.14. The van der Waals surface area contributed by atoms with Gasteiger partial charge in [-0.1, -0.05) is 24.8 Å². The zero-order valence-corrected chi connectivity index (χ0v) is 17.2. The summed E-state index contributed by atoms with van der Waals surface area (Å²) >= 11 is 0. The van der Waals surface area contributed by atoms with Gasteiger partial charge in [0.25, 0.3) is 5.56 Å². The van der Waals surface area contributed by atoms with Gasteiger partial charge in [0, 0.05) is 25.0 Å². The molecule has 31 heavy (non-hydrogen) atoms. The van der Waals surface area contributed by atoms with E-state index in [4.69, 9.17) is 10.5 Å². The Kier molecular flexibility index (Phi) is 6.12. The standard InChI is InChI=1S/C23H23N3O5/c1-14-19(11-15-7-9-17(10-8-15)25(2)3)21(27)26(22(28)20(14)31-13-24)18-6-4-5-16(12-18)23(29)30/h4-12,28H,1,13,24H2,2-3H3,(H,29,30). The third-order valence-electron chi connectivity index (χ3n) is 4.75. The Bertz CT molecular complexity index is 1290. The first-order valence-corrected chi connectivity index (χ1v) is 9.37. The van der Waals surface area contributed by atoms with E-state index in [1.165, 1.54) is 24.3 Å². The predicted octanol–water partition coefficient (Wildman–Crippen LogP) is 0.841. The number of benzene rings is 2. The Balaban J connectivity index is 2.32. The lowest BCUT2D eigenvalue weighted by Gasteiger charge is -2.14. The van der Waals surface area contributed by atoms with Crippen molar-refractivity contribution in [2.45, 2.75) is 0 Å². The van der Waals surface area contributed by atoms with E-state index < -0.39 is 17.4 Å². The van der Waals surface area contributed by atoms with E-state index in [0.717, 1.165) is 15.8 Å². The molecule has 3 aromatic rings. The van der Waals surface area contributed by atoms with Gasteiger partial charge < -0.3 is 19.8 Å². The first-order valence-electron chi connectivity index (χ1n) is 9.37. The maximum absolute atomic E-state index is 13.3. The molecule has 0 fully saturated rings. The average molecular weight is 421 g/mol. The van der Waals surface area contributed by atoms with Gasteiger partial charge in [0.1, 0.15) is 6.73 Å². The number of hydrogen-bond acceptors (Lipinski definition) is 6. The zero-order valence-electron chi connectivity index (χ0n) is 17.2. The maximum Gasteiger partial charge on any atom is 0.335 e. The normalized spacial score (nSPS) is 11.4. The SMILES string of the molecule is C=c1c(OCN)c(O)n(-c2cccc(C(=O)O)c2)c(=O)c1=Cc1ccc(N(C)C)cc1. The molecule has 0 aliphatic carbocycles. The number of pyridine rings is 1. The van der Waals surface area contributed by atoms with Gasteiger partial charge in [-0.25, -0.2) is 9.36 Å². The van der Waals surface area contributed by atoms with Gasteiger partial charge in [-0.15, -0.1) is 0 Å². The maximum atomic E-state index is 13.3. The molecule has 1 heterocycles. The number of anilines is 1. The second-order valence-corrected chi connectivity index (χ2v) is 6.98. The van der Waals surface area contributed by atoms with E-state index in [9.17, 15) is 19.8 Å². The van der Waals surface area contributed by atoms with Crippen LogP contribution in [0.3, 0.4) is 0 Å². The van der Waals surface area contributed by atoms with E-state index in [0.29, 0.717) is 0 Å². The summed E-state index contributed by atoms with van der Waals surface area (Å²) in [5.41, 5.74) is 6.78. The van der Waals surface area contributed by atoms with Crippen LogP contribution in [-0.2, 0) is 0 Å². The number of carbonyl (C=O) groups is 1. The van der Waals surface area contributed by atoms with Crippen LogP contribution in [0.4, 0.5) is 5.69 Å². The van der Waals surface area contributed by atoms with E-state index in [1.807, 2.05) is 43.3 Å². The summed E-state index contributed by atoms with van der Waals surface area (Å²) in [6.45, 7) is 3.65. The minimum absolute atomic E-state index is 0.0337. The van der Waals surface area contributed by atoms with Crippen LogP contribution in [0.25, 0.3) is 18.3 Å². The number of aromatic hydroxyl groups is 1. The van der Waals surface area contributed by atoms with Crippen LogP contribution in [0.5, 0.6) is 11.6 Å². The number of aromatic nitrogens is 1. The molecule has 0 aliphatic rings.